The molecule has 2 heterocycles. The summed E-state index contributed by atoms with van der Waals surface area (Å²) in [6.45, 7) is 6.82. The van der Waals surface area contributed by atoms with Crippen LogP contribution in [0.3, 0.4) is 0 Å². The van der Waals surface area contributed by atoms with Crippen molar-refractivity contribution in [1.29, 1.82) is 0 Å². The number of benzene rings is 1. The number of carbonyl (C=O) groups excluding carboxylic acids is 1. The van der Waals surface area contributed by atoms with E-state index in [0.717, 1.165) is 41.3 Å². The summed E-state index contributed by atoms with van der Waals surface area (Å²) in [7, 11) is 1.87. The normalized spacial score (nSPS) is 11.3. The highest BCUT2D eigenvalue weighted by Crippen LogP contribution is 2.21. The van der Waals surface area contributed by atoms with Gasteiger partial charge < -0.3 is 4.74 Å². The van der Waals surface area contributed by atoms with Crippen LogP contribution in [0.25, 0.3) is 11.3 Å². The Labute approximate surface area is 195 Å². The number of hydrogen-bond donors (Lipinski definition) is 2. The van der Waals surface area contributed by atoms with Crippen LogP contribution in [0.2, 0.25) is 0 Å². The summed E-state index contributed by atoms with van der Waals surface area (Å²) < 4.78 is 7.61. The number of H-pyrrole nitrogens is 1. The highest BCUT2D eigenvalue weighted by atomic mass is 16.5. The van der Waals surface area contributed by atoms with E-state index >= 15 is 0 Å². The van der Waals surface area contributed by atoms with E-state index in [0.29, 0.717) is 11.4 Å². The molecule has 3 aromatic rings. The third kappa shape index (κ3) is 6.78. The molecular weight excluding hydrogens is 416 g/mol. The van der Waals surface area contributed by atoms with Crippen molar-refractivity contribution in [2.24, 2.45) is 12.1 Å². The molecule has 0 aliphatic carbocycles. The van der Waals surface area contributed by atoms with Crippen LogP contribution in [0.5, 0.6) is 5.75 Å². The van der Waals surface area contributed by atoms with Gasteiger partial charge in [-0.3, -0.25) is 14.6 Å². The molecule has 8 nitrogen and oxygen atoms in total. The minimum Gasteiger partial charge on any atom is -0.494 e. The summed E-state index contributed by atoms with van der Waals surface area (Å²) in [5.74, 6) is 0.485. The zero-order chi connectivity index (χ0) is 23.6. The van der Waals surface area contributed by atoms with Gasteiger partial charge in [-0.15, -0.1) is 0 Å². The summed E-state index contributed by atoms with van der Waals surface area (Å²) in [6, 6.07) is 9.46. The Bertz CT molecular complexity index is 1070. The highest BCUT2D eigenvalue weighted by Gasteiger charge is 2.11. The van der Waals surface area contributed by atoms with Crippen LogP contribution < -0.4 is 10.2 Å². The molecule has 8 heteroatoms. The first-order chi connectivity index (χ1) is 16.0. The predicted molar refractivity (Wildman–Crippen MR) is 131 cm³/mol. The second-order valence-electron chi connectivity index (χ2n) is 8.21. The van der Waals surface area contributed by atoms with E-state index in [1.54, 1.807) is 17.0 Å². The van der Waals surface area contributed by atoms with Crippen molar-refractivity contribution in [3.8, 4) is 17.0 Å². The lowest BCUT2D eigenvalue weighted by molar-refractivity contribution is 0.0950. The number of unbranched alkanes of at least 4 members (excludes halogenated alkanes) is 5. The standard InChI is InChI=1S/C25H34N6O2/c1-5-6-7-8-9-10-15-33-21-13-11-20(12-14-21)23-16-24(28-27-23)25(32)29-26-17-22-18(2)30-31(4)19(22)3/h11-14,16-17H,5-10,15H2,1-4H3,(H,27,28)(H,29,32). The average Bonchev–Trinajstić information content (AvgIpc) is 3.39. The minimum absolute atomic E-state index is 0.338. The van der Waals surface area contributed by atoms with Gasteiger partial charge in [0, 0.05) is 23.9 Å². The largest absolute Gasteiger partial charge is 0.494 e. The van der Waals surface area contributed by atoms with Gasteiger partial charge in [-0.25, -0.2) is 5.43 Å². The Kier molecular flexibility index (Phi) is 8.80. The van der Waals surface area contributed by atoms with Crippen LogP contribution in [0, 0.1) is 13.8 Å². The number of aryl methyl sites for hydroxylation is 2. The number of nitrogens with zero attached hydrogens (tertiary/aromatic N) is 4. The summed E-state index contributed by atoms with van der Waals surface area (Å²) in [4.78, 5) is 12.4. The van der Waals surface area contributed by atoms with Gasteiger partial charge in [0.2, 0.25) is 0 Å². The van der Waals surface area contributed by atoms with Gasteiger partial charge in [0.1, 0.15) is 11.4 Å². The molecule has 0 saturated carbocycles. The fraction of sp³-hybridized carbons (Fsp3) is 0.440. The molecule has 2 N–H and O–H groups in total. The fourth-order valence-electron chi connectivity index (χ4n) is 3.57. The molecule has 33 heavy (non-hydrogen) atoms. The van der Waals surface area contributed by atoms with Crippen molar-refractivity contribution in [2.75, 3.05) is 6.61 Å². The number of amides is 1. The minimum atomic E-state index is -0.358. The van der Waals surface area contributed by atoms with Crippen molar-refractivity contribution < 1.29 is 9.53 Å². The number of rotatable bonds is 12. The molecule has 0 aliphatic rings. The van der Waals surface area contributed by atoms with E-state index in [9.17, 15) is 4.79 Å². The van der Waals surface area contributed by atoms with Crippen LogP contribution in [-0.4, -0.2) is 38.7 Å². The van der Waals surface area contributed by atoms with Gasteiger partial charge in [0.25, 0.3) is 5.91 Å². The van der Waals surface area contributed by atoms with Gasteiger partial charge in [-0.1, -0.05) is 39.0 Å². The van der Waals surface area contributed by atoms with Crippen molar-refractivity contribution in [3.63, 3.8) is 0 Å². The lowest BCUT2D eigenvalue weighted by Gasteiger charge is -2.06. The molecule has 1 amide bonds. The van der Waals surface area contributed by atoms with Crippen LogP contribution in [0.4, 0.5) is 0 Å². The lowest BCUT2D eigenvalue weighted by atomic mass is 10.1. The Morgan fingerprint density at radius 1 is 1.15 bits per heavy atom. The smallest absolute Gasteiger partial charge is 0.289 e. The van der Waals surface area contributed by atoms with Crippen molar-refractivity contribution in [1.82, 2.24) is 25.4 Å². The maximum Gasteiger partial charge on any atom is 0.289 e. The number of aromatic amines is 1. The number of hydrogen-bond acceptors (Lipinski definition) is 5. The second-order valence-corrected chi connectivity index (χ2v) is 8.21. The van der Waals surface area contributed by atoms with E-state index in [4.69, 9.17) is 4.74 Å². The molecule has 1 aromatic carbocycles. The molecule has 0 bridgehead atoms. The second kappa shape index (κ2) is 12.0. The Morgan fingerprint density at radius 3 is 2.58 bits per heavy atom. The molecule has 0 fully saturated rings. The molecule has 2 aromatic heterocycles. The topological polar surface area (TPSA) is 97.2 Å². The first-order valence-electron chi connectivity index (χ1n) is 11.6. The number of aromatic nitrogens is 4. The molecule has 0 atom stereocenters. The third-order valence-corrected chi connectivity index (χ3v) is 5.66. The van der Waals surface area contributed by atoms with Crippen LogP contribution >= 0.6 is 0 Å². The molecule has 0 saturated heterocycles. The van der Waals surface area contributed by atoms with E-state index in [-0.39, 0.29) is 5.91 Å². The van der Waals surface area contributed by atoms with Gasteiger partial charge in [0.15, 0.2) is 0 Å². The molecule has 176 valence electrons. The Hall–Kier alpha value is -3.42. The zero-order valence-corrected chi connectivity index (χ0v) is 20.0. The maximum atomic E-state index is 12.4. The SMILES string of the molecule is CCCCCCCCOc1ccc(-c2cc(C(=O)NN=Cc3c(C)nn(C)c3C)[nH]n2)cc1. The first kappa shape index (κ1) is 24.2. The highest BCUT2D eigenvalue weighted by molar-refractivity contribution is 5.94. The van der Waals surface area contributed by atoms with Gasteiger partial charge >= 0.3 is 0 Å². The van der Waals surface area contributed by atoms with Crippen LogP contribution in [-0.2, 0) is 7.05 Å². The van der Waals surface area contributed by atoms with E-state index < -0.39 is 0 Å². The molecule has 0 aliphatic heterocycles. The van der Waals surface area contributed by atoms with Crippen molar-refractivity contribution >= 4 is 12.1 Å². The monoisotopic (exact) mass is 450 g/mol. The zero-order valence-electron chi connectivity index (χ0n) is 20.0. The van der Waals surface area contributed by atoms with E-state index in [1.165, 1.54) is 32.1 Å². The Morgan fingerprint density at radius 2 is 1.88 bits per heavy atom. The van der Waals surface area contributed by atoms with Gasteiger partial charge in [0.05, 0.1) is 24.2 Å². The van der Waals surface area contributed by atoms with Crippen LogP contribution in [0.1, 0.15) is 72.9 Å². The van der Waals surface area contributed by atoms with Crippen molar-refractivity contribution in [2.45, 2.75) is 59.3 Å². The summed E-state index contributed by atoms with van der Waals surface area (Å²) in [5.41, 5.74) is 7.19. The van der Waals surface area contributed by atoms with Crippen LogP contribution in [0.15, 0.2) is 35.4 Å². The quantitative estimate of drug-likeness (QED) is 0.232. The lowest BCUT2D eigenvalue weighted by Crippen LogP contribution is -2.18. The van der Waals surface area contributed by atoms with Crippen molar-refractivity contribution in [3.05, 3.63) is 53.0 Å². The molecule has 0 spiro atoms. The fourth-order valence-corrected chi connectivity index (χ4v) is 3.57. The predicted octanol–water partition coefficient (Wildman–Crippen LogP) is 4.93. The number of ether oxygens (including phenoxy) is 1. The molecule has 3 rings (SSSR count). The van der Waals surface area contributed by atoms with E-state index in [2.05, 4.69) is 32.7 Å². The van der Waals surface area contributed by atoms with Gasteiger partial charge in [-0.05, 0) is 50.6 Å². The number of hydrazone groups is 1. The van der Waals surface area contributed by atoms with E-state index in [1.807, 2.05) is 45.2 Å². The first-order valence-corrected chi connectivity index (χ1v) is 11.6. The number of nitrogens with one attached hydrogen (secondary N) is 2. The summed E-state index contributed by atoms with van der Waals surface area (Å²) >= 11 is 0. The molecular formula is C25H34N6O2. The Balaban J connectivity index is 1.49. The third-order valence-electron chi connectivity index (χ3n) is 5.66. The molecule has 0 radical (unpaired) electrons. The average molecular weight is 451 g/mol. The maximum absolute atomic E-state index is 12.4. The molecule has 0 unspecified atom stereocenters. The number of carbonyl (C=O) groups is 1. The summed E-state index contributed by atoms with van der Waals surface area (Å²) in [5, 5.41) is 15.4. The van der Waals surface area contributed by atoms with Gasteiger partial charge in [-0.2, -0.15) is 15.3 Å². The summed E-state index contributed by atoms with van der Waals surface area (Å²) in [6.07, 6.45) is 9.07.